The highest BCUT2D eigenvalue weighted by molar-refractivity contribution is 7.89. The van der Waals surface area contributed by atoms with Gasteiger partial charge in [-0.2, -0.15) is 0 Å². The van der Waals surface area contributed by atoms with Gasteiger partial charge >= 0.3 is 0 Å². The van der Waals surface area contributed by atoms with Crippen LogP contribution in [-0.4, -0.2) is 8.42 Å². The zero-order valence-corrected chi connectivity index (χ0v) is 11.2. The number of rotatable bonds is 3. The van der Waals surface area contributed by atoms with Gasteiger partial charge in [0.1, 0.15) is 4.90 Å². The number of sulfonamides is 1. The number of para-hydroxylation sites is 1. The molecule has 0 fully saturated rings. The standard InChI is InChI=1S/C12H10F3N3O2S/c13-6-4-5-7(11(15)10(6)14)18-8-2-1-3-9(12(8)16)21(17,19)20/h1-5,18H,16H2,(H2,17,19,20). The SMILES string of the molecule is Nc1c(Nc2ccc(F)c(F)c2F)cccc1S(N)(=O)=O. The number of primary sulfonamides is 1. The molecule has 2 aromatic carbocycles. The number of nitrogens with two attached hydrogens (primary N) is 2. The van der Waals surface area contributed by atoms with Crippen LogP contribution in [0, 0.1) is 17.5 Å². The van der Waals surface area contributed by atoms with Crippen molar-refractivity contribution in [3.8, 4) is 0 Å². The predicted molar refractivity (Wildman–Crippen MR) is 71.8 cm³/mol. The lowest BCUT2D eigenvalue weighted by Gasteiger charge is -2.13. The smallest absolute Gasteiger partial charge is 0.240 e. The fraction of sp³-hybridized carbons (Fsp3) is 0. The van der Waals surface area contributed by atoms with E-state index in [0.29, 0.717) is 0 Å². The molecule has 2 rings (SSSR count). The van der Waals surface area contributed by atoms with Gasteiger partial charge in [-0.1, -0.05) is 6.07 Å². The van der Waals surface area contributed by atoms with Gasteiger partial charge in [-0.05, 0) is 24.3 Å². The molecular formula is C12H10F3N3O2S. The lowest BCUT2D eigenvalue weighted by Crippen LogP contribution is -2.15. The first-order valence-corrected chi connectivity index (χ1v) is 7.08. The molecule has 0 saturated carbocycles. The Kier molecular flexibility index (Phi) is 3.79. The van der Waals surface area contributed by atoms with E-state index >= 15 is 0 Å². The summed E-state index contributed by atoms with van der Waals surface area (Å²) in [5, 5.41) is 7.37. The van der Waals surface area contributed by atoms with Crippen LogP contribution in [-0.2, 0) is 10.0 Å². The zero-order valence-electron chi connectivity index (χ0n) is 10.4. The van der Waals surface area contributed by atoms with Gasteiger partial charge in [0.2, 0.25) is 10.0 Å². The van der Waals surface area contributed by atoms with Crippen molar-refractivity contribution in [1.82, 2.24) is 0 Å². The molecule has 0 aliphatic rings. The molecular weight excluding hydrogens is 307 g/mol. The van der Waals surface area contributed by atoms with Gasteiger partial charge in [0.25, 0.3) is 0 Å². The fourth-order valence-corrected chi connectivity index (χ4v) is 2.35. The third-order valence-corrected chi connectivity index (χ3v) is 3.65. The Morgan fingerprint density at radius 3 is 2.24 bits per heavy atom. The maximum atomic E-state index is 13.6. The molecule has 21 heavy (non-hydrogen) atoms. The monoisotopic (exact) mass is 317 g/mol. The summed E-state index contributed by atoms with van der Waals surface area (Å²) in [4.78, 5) is -0.365. The van der Waals surface area contributed by atoms with Gasteiger partial charge in [0.15, 0.2) is 17.5 Å². The normalized spacial score (nSPS) is 11.4. The molecule has 0 aliphatic carbocycles. The fourth-order valence-electron chi connectivity index (χ4n) is 1.67. The van der Waals surface area contributed by atoms with E-state index in [0.717, 1.165) is 18.2 Å². The van der Waals surface area contributed by atoms with Crippen molar-refractivity contribution in [3.63, 3.8) is 0 Å². The van der Waals surface area contributed by atoms with Gasteiger partial charge < -0.3 is 11.1 Å². The molecule has 0 heterocycles. The summed E-state index contributed by atoms with van der Waals surface area (Å²) in [6.45, 7) is 0. The van der Waals surface area contributed by atoms with Crippen LogP contribution in [0.4, 0.5) is 30.2 Å². The Morgan fingerprint density at radius 1 is 0.952 bits per heavy atom. The average molecular weight is 317 g/mol. The highest BCUT2D eigenvalue weighted by Crippen LogP contribution is 2.30. The molecule has 5 nitrogen and oxygen atoms in total. The van der Waals surface area contributed by atoms with Gasteiger partial charge in [0, 0.05) is 0 Å². The van der Waals surface area contributed by atoms with Crippen LogP contribution in [0.5, 0.6) is 0 Å². The highest BCUT2D eigenvalue weighted by atomic mass is 32.2. The summed E-state index contributed by atoms with van der Waals surface area (Å²) >= 11 is 0. The molecule has 0 saturated heterocycles. The van der Waals surface area contributed by atoms with Gasteiger partial charge in [-0.15, -0.1) is 0 Å². The average Bonchev–Trinajstić information content (AvgIpc) is 2.40. The molecule has 0 spiro atoms. The number of benzene rings is 2. The number of halogens is 3. The Bertz CT molecular complexity index is 810. The van der Waals surface area contributed by atoms with E-state index in [4.69, 9.17) is 10.9 Å². The molecule has 5 N–H and O–H groups in total. The number of hydrogen-bond acceptors (Lipinski definition) is 4. The van der Waals surface area contributed by atoms with E-state index < -0.39 is 33.2 Å². The molecule has 0 aromatic heterocycles. The minimum atomic E-state index is -4.07. The highest BCUT2D eigenvalue weighted by Gasteiger charge is 2.17. The number of hydrogen-bond donors (Lipinski definition) is 3. The molecule has 0 amide bonds. The lowest BCUT2D eigenvalue weighted by atomic mass is 10.2. The minimum absolute atomic E-state index is 0.00793. The van der Waals surface area contributed by atoms with Crippen molar-refractivity contribution in [3.05, 3.63) is 47.8 Å². The Morgan fingerprint density at radius 2 is 1.62 bits per heavy atom. The summed E-state index contributed by atoms with van der Waals surface area (Å²) in [5.41, 5.74) is 4.96. The van der Waals surface area contributed by atoms with E-state index in [1.54, 1.807) is 0 Å². The van der Waals surface area contributed by atoms with Crippen molar-refractivity contribution in [2.45, 2.75) is 4.90 Å². The summed E-state index contributed by atoms with van der Waals surface area (Å²) in [6.07, 6.45) is 0. The molecule has 2 aromatic rings. The van der Waals surface area contributed by atoms with E-state index in [2.05, 4.69) is 5.32 Å². The summed E-state index contributed by atoms with van der Waals surface area (Å²) in [5.74, 6) is -4.44. The second-order valence-corrected chi connectivity index (χ2v) is 5.64. The second kappa shape index (κ2) is 5.26. The van der Waals surface area contributed by atoms with E-state index in [-0.39, 0.29) is 16.3 Å². The molecule has 0 bridgehead atoms. The third kappa shape index (κ3) is 2.93. The zero-order chi connectivity index (χ0) is 15.8. The van der Waals surface area contributed by atoms with Gasteiger partial charge in [-0.25, -0.2) is 26.7 Å². The number of anilines is 3. The van der Waals surface area contributed by atoms with E-state index in [1.807, 2.05) is 0 Å². The van der Waals surface area contributed by atoms with Crippen LogP contribution >= 0.6 is 0 Å². The Hall–Kier alpha value is -2.26. The number of nitrogens with one attached hydrogen (secondary N) is 1. The van der Waals surface area contributed by atoms with Crippen molar-refractivity contribution in [2.75, 3.05) is 11.1 Å². The molecule has 9 heteroatoms. The van der Waals surface area contributed by atoms with Crippen molar-refractivity contribution < 1.29 is 21.6 Å². The van der Waals surface area contributed by atoms with Gasteiger partial charge in [-0.3, -0.25) is 0 Å². The van der Waals surface area contributed by atoms with Crippen LogP contribution in [0.3, 0.4) is 0 Å². The molecule has 0 unspecified atom stereocenters. The van der Waals surface area contributed by atoms with Crippen molar-refractivity contribution >= 4 is 27.1 Å². The quantitative estimate of drug-likeness (QED) is 0.596. The molecule has 0 radical (unpaired) electrons. The first kappa shape index (κ1) is 15.1. The van der Waals surface area contributed by atoms with E-state index in [1.165, 1.54) is 12.1 Å². The largest absolute Gasteiger partial charge is 0.396 e. The van der Waals surface area contributed by atoms with Crippen LogP contribution in [0.2, 0.25) is 0 Å². The summed E-state index contributed by atoms with van der Waals surface area (Å²) in [6, 6.07) is 5.50. The van der Waals surface area contributed by atoms with Crippen molar-refractivity contribution in [1.29, 1.82) is 0 Å². The molecule has 0 atom stereocenters. The maximum absolute atomic E-state index is 13.6. The third-order valence-electron chi connectivity index (χ3n) is 2.68. The van der Waals surface area contributed by atoms with Crippen LogP contribution < -0.4 is 16.2 Å². The summed E-state index contributed by atoms with van der Waals surface area (Å²) < 4.78 is 62.1. The van der Waals surface area contributed by atoms with Crippen LogP contribution in [0.15, 0.2) is 35.2 Å². The first-order chi connectivity index (χ1) is 9.71. The van der Waals surface area contributed by atoms with Crippen molar-refractivity contribution in [2.24, 2.45) is 5.14 Å². The molecule has 0 aliphatic heterocycles. The summed E-state index contributed by atoms with van der Waals surface area (Å²) in [7, 11) is -4.07. The van der Waals surface area contributed by atoms with Crippen LogP contribution in [0.1, 0.15) is 0 Å². The Balaban J connectivity index is 2.49. The molecule has 112 valence electrons. The predicted octanol–water partition coefficient (Wildman–Crippen LogP) is 2.08. The Labute approximate surface area is 118 Å². The lowest BCUT2D eigenvalue weighted by molar-refractivity contribution is 0.449. The second-order valence-electron chi connectivity index (χ2n) is 4.11. The topological polar surface area (TPSA) is 98.2 Å². The van der Waals surface area contributed by atoms with Gasteiger partial charge in [0.05, 0.1) is 17.1 Å². The number of nitrogen functional groups attached to an aromatic ring is 1. The van der Waals surface area contributed by atoms with Crippen LogP contribution in [0.25, 0.3) is 0 Å². The minimum Gasteiger partial charge on any atom is -0.396 e. The van der Waals surface area contributed by atoms with E-state index in [9.17, 15) is 21.6 Å². The maximum Gasteiger partial charge on any atom is 0.240 e. The first-order valence-electron chi connectivity index (χ1n) is 5.53.